The Balaban J connectivity index is 2.03. The molecule has 0 saturated carbocycles. The minimum absolute atomic E-state index is 0.0300. The first-order valence-corrected chi connectivity index (χ1v) is 7.61. The molecule has 8 heteroatoms. The molecule has 0 unspecified atom stereocenters. The summed E-state index contributed by atoms with van der Waals surface area (Å²) >= 11 is 6.09. The van der Waals surface area contributed by atoms with Crippen molar-refractivity contribution in [3.8, 4) is 11.4 Å². The summed E-state index contributed by atoms with van der Waals surface area (Å²) < 4.78 is 13.3. The summed E-state index contributed by atoms with van der Waals surface area (Å²) in [6.45, 7) is 1.05. The highest BCUT2D eigenvalue weighted by molar-refractivity contribution is 6.32. The maximum absolute atomic E-state index is 13.3. The zero-order valence-corrected chi connectivity index (χ0v) is 12.9. The average molecular weight is 337 g/mol. The van der Waals surface area contributed by atoms with Gasteiger partial charge in [-0.15, -0.1) is 0 Å². The van der Waals surface area contributed by atoms with Crippen LogP contribution in [-0.4, -0.2) is 33.8 Å². The van der Waals surface area contributed by atoms with Gasteiger partial charge in [0.25, 0.3) is 5.56 Å². The lowest BCUT2D eigenvalue weighted by molar-refractivity contribution is -0.118. The second kappa shape index (κ2) is 6.45. The predicted octanol–water partition coefficient (Wildman–Crippen LogP) is 2.18. The number of ketones is 1. The molecule has 0 spiro atoms. The monoisotopic (exact) mass is 336 g/mol. The van der Waals surface area contributed by atoms with Crippen LogP contribution in [0.2, 0.25) is 5.02 Å². The predicted molar refractivity (Wildman–Crippen MR) is 84.1 cm³/mol. The van der Waals surface area contributed by atoms with Crippen LogP contribution in [-0.2, 0) is 4.79 Å². The summed E-state index contributed by atoms with van der Waals surface area (Å²) in [7, 11) is 0. The normalized spacial score (nSPS) is 15.6. The van der Waals surface area contributed by atoms with E-state index in [0.29, 0.717) is 43.7 Å². The van der Waals surface area contributed by atoms with Gasteiger partial charge < -0.3 is 9.88 Å². The number of nitrogens with zero attached hydrogens (tertiary/aromatic N) is 3. The maximum atomic E-state index is 13.3. The van der Waals surface area contributed by atoms with Crippen LogP contribution >= 0.6 is 11.6 Å². The van der Waals surface area contributed by atoms with Crippen LogP contribution in [0, 0.1) is 5.95 Å². The Morgan fingerprint density at radius 3 is 2.87 bits per heavy atom. The number of H-pyrrole nitrogens is 1. The van der Waals surface area contributed by atoms with Gasteiger partial charge in [0.1, 0.15) is 16.6 Å². The molecule has 6 nitrogen and oxygen atoms in total. The molecule has 0 aliphatic carbocycles. The molecule has 3 heterocycles. The first-order valence-electron chi connectivity index (χ1n) is 7.23. The third-order valence-corrected chi connectivity index (χ3v) is 4.03. The van der Waals surface area contributed by atoms with E-state index in [9.17, 15) is 14.0 Å². The van der Waals surface area contributed by atoms with Gasteiger partial charge in [-0.25, -0.2) is 9.97 Å². The van der Waals surface area contributed by atoms with Gasteiger partial charge in [0.05, 0.1) is 0 Å². The fourth-order valence-corrected chi connectivity index (χ4v) is 2.73. The molecule has 120 valence electrons. The molecule has 1 saturated heterocycles. The molecule has 2 aromatic heterocycles. The number of hydrogen-bond donors (Lipinski definition) is 1. The molecule has 0 atom stereocenters. The second-order valence-corrected chi connectivity index (χ2v) is 5.68. The number of aromatic nitrogens is 3. The molecule has 0 bridgehead atoms. The number of hydrogen-bond acceptors (Lipinski definition) is 5. The van der Waals surface area contributed by atoms with E-state index in [1.54, 1.807) is 6.07 Å². The van der Waals surface area contributed by atoms with E-state index in [1.165, 1.54) is 12.3 Å². The van der Waals surface area contributed by atoms with Crippen LogP contribution in [0.25, 0.3) is 11.4 Å². The van der Waals surface area contributed by atoms with Crippen molar-refractivity contribution in [2.24, 2.45) is 0 Å². The Kier molecular flexibility index (Phi) is 4.38. The van der Waals surface area contributed by atoms with Crippen LogP contribution in [0.3, 0.4) is 0 Å². The number of nitrogens with one attached hydrogen (secondary N) is 1. The molecule has 1 aliphatic heterocycles. The zero-order chi connectivity index (χ0) is 16.4. The molecule has 3 rings (SSSR count). The fourth-order valence-electron chi connectivity index (χ4n) is 2.52. The summed E-state index contributed by atoms with van der Waals surface area (Å²) in [4.78, 5) is 35.8. The number of aromatic amines is 1. The van der Waals surface area contributed by atoms with Gasteiger partial charge in [-0.2, -0.15) is 4.39 Å². The molecule has 0 amide bonds. The highest BCUT2D eigenvalue weighted by Gasteiger charge is 2.20. The first kappa shape index (κ1) is 15.6. The van der Waals surface area contributed by atoms with E-state index < -0.39 is 11.5 Å². The number of carbonyl (C=O) groups excluding carboxylic acids is 1. The summed E-state index contributed by atoms with van der Waals surface area (Å²) in [5, 5.41) is -0.0300. The Morgan fingerprint density at radius 1 is 1.26 bits per heavy atom. The Morgan fingerprint density at radius 2 is 2.09 bits per heavy atom. The number of Topliss-reactive ketones (excluding diaryl/α,β-unsaturated/α-hetero) is 1. The fraction of sp³-hybridized carbons (Fsp3) is 0.333. The summed E-state index contributed by atoms with van der Waals surface area (Å²) in [6, 6.07) is 2.73. The molecule has 1 aliphatic rings. The summed E-state index contributed by atoms with van der Waals surface area (Å²) in [6.07, 6.45) is 2.89. The standard InChI is InChI=1S/C15H14ClFN4O2/c16-12-14(21-6-1-2-10(22)4-7-21)19-13(20-15(12)23)9-3-5-18-11(17)8-9/h3,5,8H,1-2,4,6-7H2,(H,19,20,23). The SMILES string of the molecule is O=C1CCCN(c2nc(-c3ccnc(F)c3)[nH]c(=O)c2Cl)CC1. The largest absolute Gasteiger partial charge is 0.355 e. The Labute approximate surface area is 136 Å². The number of anilines is 1. The van der Waals surface area contributed by atoms with Gasteiger partial charge in [0.2, 0.25) is 5.95 Å². The topological polar surface area (TPSA) is 79.0 Å². The number of carbonyl (C=O) groups is 1. The van der Waals surface area contributed by atoms with Crippen LogP contribution < -0.4 is 10.5 Å². The van der Waals surface area contributed by atoms with Crippen LogP contribution in [0.5, 0.6) is 0 Å². The van der Waals surface area contributed by atoms with Crippen molar-refractivity contribution in [2.75, 3.05) is 18.0 Å². The molecule has 1 N–H and O–H groups in total. The third-order valence-electron chi connectivity index (χ3n) is 3.69. The maximum Gasteiger partial charge on any atom is 0.272 e. The van der Waals surface area contributed by atoms with Gasteiger partial charge in [-0.05, 0) is 12.5 Å². The van der Waals surface area contributed by atoms with Crippen molar-refractivity contribution < 1.29 is 9.18 Å². The van der Waals surface area contributed by atoms with Crippen LogP contribution in [0.15, 0.2) is 23.1 Å². The van der Waals surface area contributed by atoms with Crippen molar-refractivity contribution in [2.45, 2.75) is 19.3 Å². The molecular weight excluding hydrogens is 323 g/mol. The van der Waals surface area contributed by atoms with E-state index in [-0.39, 0.29) is 16.6 Å². The number of pyridine rings is 1. The molecular formula is C15H14ClFN4O2. The summed E-state index contributed by atoms with van der Waals surface area (Å²) in [5.41, 5.74) is -0.0992. The van der Waals surface area contributed by atoms with Gasteiger partial charge in [0.15, 0.2) is 5.82 Å². The van der Waals surface area contributed by atoms with Crippen LogP contribution in [0.1, 0.15) is 19.3 Å². The van der Waals surface area contributed by atoms with Crippen molar-refractivity contribution in [3.05, 3.63) is 39.7 Å². The number of halogens is 2. The lowest BCUT2D eigenvalue weighted by atomic mass is 10.2. The van der Waals surface area contributed by atoms with E-state index in [0.717, 1.165) is 0 Å². The van der Waals surface area contributed by atoms with E-state index in [2.05, 4.69) is 15.0 Å². The molecule has 23 heavy (non-hydrogen) atoms. The van der Waals surface area contributed by atoms with E-state index in [4.69, 9.17) is 11.6 Å². The minimum Gasteiger partial charge on any atom is -0.355 e. The highest BCUT2D eigenvalue weighted by atomic mass is 35.5. The summed E-state index contributed by atoms with van der Waals surface area (Å²) in [5.74, 6) is 0.0514. The van der Waals surface area contributed by atoms with Gasteiger partial charge in [-0.1, -0.05) is 11.6 Å². The average Bonchev–Trinajstić information content (AvgIpc) is 2.74. The molecule has 2 aromatic rings. The van der Waals surface area contributed by atoms with Crippen LogP contribution in [0.4, 0.5) is 10.2 Å². The molecule has 0 aromatic carbocycles. The van der Waals surface area contributed by atoms with Crippen molar-refractivity contribution >= 4 is 23.2 Å². The zero-order valence-electron chi connectivity index (χ0n) is 12.2. The van der Waals surface area contributed by atoms with Gasteiger partial charge in [0, 0.05) is 43.8 Å². The van der Waals surface area contributed by atoms with Crippen molar-refractivity contribution in [3.63, 3.8) is 0 Å². The quantitative estimate of drug-likeness (QED) is 0.850. The number of rotatable bonds is 2. The van der Waals surface area contributed by atoms with Crippen molar-refractivity contribution in [1.82, 2.24) is 15.0 Å². The van der Waals surface area contributed by atoms with Gasteiger partial charge >= 0.3 is 0 Å². The minimum atomic E-state index is -0.665. The smallest absolute Gasteiger partial charge is 0.272 e. The van der Waals surface area contributed by atoms with Crippen molar-refractivity contribution in [1.29, 1.82) is 0 Å². The molecule has 1 fully saturated rings. The van der Waals surface area contributed by atoms with Gasteiger partial charge in [-0.3, -0.25) is 9.59 Å². The lowest BCUT2D eigenvalue weighted by Crippen LogP contribution is -2.28. The molecule has 0 radical (unpaired) electrons. The third kappa shape index (κ3) is 3.39. The Hall–Kier alpha value is -2.28. The lowest BCUT2D eigenvalue weighted by Gasteiger charge is -2.22. The second-order valence-electron chi connectivity index (χ2n) is 5.30. The highest BCUT2D eigenvalue weighted by Crippen LogP contribution is 2.25. The van der Waals surface area contributed by atoms with E-state index in [1.807, 2.05) is 4.90 Å². The Bertz CT molecular complexity index is 808. The van der Waals surface area contributed by atoms with E-state index >= 15 is 0 Å². The first-order chi connectivity index (χ1) is 11.0.